The van der Waals surface area contributed by atoms with Gasteiger partial charge >= 0.3 is 0 Å². The Morgan fingerprint density at radius 1 is 1.41 bits per heavy atom. The van der Waals surface area contributed by atoms with Gasteiger partial charge in [0, 0.05) is 41.5 Å². The summed E-state index contributed by atoms with van der Waals surface area (Å²) in [5, 5.41) is 0.714. The van der Waals surface area contributed by atoms with Crippen LogP contribution in [-0.2, 0) is 10.5 Å². The molecule has 4 heteroatoms. The molecule has 94 valence electrons. The predicted octanol–water partition coefficient (Wildman–Crippen LogP) is 2.69. The van der Waals surface area contributed by atoms with Crippen molar-refractivity contribution in [2.45, 2.75) is 23.8 Å². The van der Waals surface area contributed by atoms with Gasteiger partial charge in [0.2, 0.25) is 0 Å². The Bertz CT molecular complexity index is 364. The molecule has 1 heterocycles. The molecule has 2 rings (SSSR count). The van der Waals surface area contributed by atoms with Crippen LogP contribution in [0, 0.1) is 0 Å². The van der Waals surface area contributed by atoms with Crippen LogP contribution in [-0.4, -0.2) is 25.6 Å². The van der Waals surface area contributed by atoms with Crippen LogP contribution in [0.2, 0.25) is 0 Å². The number of ether oxygens (including phenoxy) is 2. The van der Waals surface area contributed by atoms with E-state index in [9.17, 15) is 0 Å². The smallest absolute Gasteiger partial charge is 0.124 e. The summed E-state index contributed by atoms with van der Waals surface area (Å²) < 4.78 is 10.7. The van der Waals surface area contributed by atoms with Crippen LogP contribution in [0.4, 0.5) is 5.69 Å². The second-order valence-electron chi connectivity index (χ2n) is 4.19. The van der Waals surface area contributed by atoms with Crippen LogP contribution in [0.5, 0.6) is 5.75 Å². The minimum Gasteiger partial charge on any atom is -0.496 e. The standard InChI is InChI=1S/C13H19NO2S/c1-15-13-8-11(14)3-2-10(13)9-17-12-4-6-16-7-5-12/h2-3,8,12H,4-7,9,14H2,1H3. The molecule has 1 aromatic rings. The van der Waals surface area contributed by atoms with E-state index in [1.165, 1.54) is 5.56 Å². The Morgan fingerprint density at radius 2 is 2.18 bits per heavy atom. The topological polar surface area (TPSA) is 44.5 Å². The number of methoxy groups -OCH3 is 1. The molecule has 1 aliphatic heterocycles. The van der Waals surface area contributed by atoms with Crippen LogP contribution < -0.4 is 10.5 Å². The summed E-state index contributed by atoms with van der Waals surface area (Å²) in [6.07, 6.45) is 2.31. The molecule has 0 bridgehead atoms. The number of nitrogen functional groups attached to an aromatic ring is 1. The van der Waals surface area contributed by atoms with Gasteiger partial charge in [0.15, 0.2) is 0 Å². The van der Waals surface area contributed by atoms with E-state index in [0.717, 1.165) is 43.2 Å². The highest BCUT2D eigenvalue weighted by Crippen LogP contribution is 2.30. The highest BCUT2D eigenvalue weighted by molar-refractivity contribution is 7.99. The van der Waals surface area contributed by atoms with Crippen molar-refractivity contribution in [3.8, 4) is 5.75 Å². The maximum atomic E-state index is 5.74. The highest BCUT2D eigenvalue weighted by Gasteiger charge is 2.15. The highest BCUT2D eigenvalue weighted by atomic mass is 32.2. The van der Waals surface area contributed by atoms with E-state index in [1.807, 2.05) is 23.9 Å². The van der Waals surface area contributed by atoms with Gasteiger partial charge in [0.05, 0.1) is 7.11 Å². The number of hydrogen-bond acceptors (Lipinski definition) is 4. The molecular formula is C13H19NO2S. The van der Waals surface area contributed by atoms with Crippen molar-refractivity contribution in [2.24, 2.45) is 0 Å². The van der Waals surface area contributed by atoms with Crippen molar-refractivity contribution in [3.63, 3.8) is 0 Å². The third-order valence-corrected chi connectivity index (χ3v) is 4.37. The van der Waals surface area contributed by atoms with Gasteiger partial charge in [0.25, 0.3) is 0 Å². The second-order valence-corrected chi connectivity index (χ2v) is 5.48. The molecule has 0 atom stereocenters. The van der Waals surface area contributed by atoms with E-state index in [4.69, 9.17) is 15.2 Å². The molecule has 0 radical (unpaired) electrons. The largest absolute Gasteiger partial charge is 0.496 e. The number of benzene rings is 1. The Hall–Kier alpha value is -0.870. The Morgan fingerprint density at radius 3 is 2.88 bits per heavy atom. The second kappa shape index (κ2) is 6.17. The van der Waals surface area contributed by atoms with Crippen molar-refractivity contribution >= 4 is 17.4 Å². The van der Waals surface area contributed by atoms with Gasteiger partial charge in [-0.25, -0.2) is 0 Å². The number of thioether (sulfide) groups is 1. The van der Waals surface area contributed by atoms with Crippen molar-refractivity contribution in [3.05, 3.63) is 23.8 Å². The SMILES string of the molecule is COc1cc(N)ccc1CSC1CCOCC1. The molecule has 1 fully saturated rings. The van der Waals surface area contributed by atoms with Crippen molar-refractivity contribution in [1.29, 1.82) is 0 Å². The summed E-state index contributed by atoms with van der Waals surface area (Å²) in [5.74, 6) is 1.87. The normalized spacial score (nSPS) is 17.0. The molecule has 1 saturated heterocycles. The number of rotatable bonds is 4. The molecule has 1 aliphatic rings. The van der Waals surface area contributed by atoms with E-state index in [2.05, 4.69) is 6.07 Å². The summed E-state index contributed by atoms with van der Waals surface area (Å²) in [7, 11) is 1.69. The fourth-order valence-corrected chi connectivity index (χ4v) is 3.11. The Kier molecular flexibility index (Phi) is 4.57. The van der Waals surface area contributed by atoms with Crippen LogP contribution in [0.3, 0.4) is 0 Å². The molecule has 3 nitrogen and oxygen atoms in total. The van der Waals surface area contributed by atoms with E-state index >= 15 is 0 Å². The number of anilines is 1. The zero-order chi connectivity index (χ0) is 12.1. The van der Waals surface area contributed by atoms with Crippen molar-refractivity contribution in [2.75, 3.05) is 26.1 Å². The van der Waals surface area contributed by atoms with Gasteiger partial charge in [-0.15, -0.1) is 0 Å². The summed E-state index contributed by atoms with van der Waals surface area (Å²) in [6.45, 7) is 1.80. The number of hydrogen-bond donors (Lipinski definition) is 1. The van der Waals surface area contributed by atoms with Gasteiger partial charge in [-0.1, -0.05) is 6.07 Å². The molecule has 0 aliphatic carbocycles. The molecule has 1 aromatic carbocycles. The van der Waals surface area contributed by atoms with Gasteiger partial charge in [-0.3, -0.25) is 0 Å². The fraction of sp³-hybridized carbons (Fsp3) is 0.538. The third-order valence-electron chi connectivity index (χ3n) is 2.95. The van der Waals surface area contributed by atoms with E-state index in [-0.39, 0.29) is 0 Å². The lowest BCUT2D eigenvalue weighted by atomic mass is 10.2. The predicted molar refractivity (Wildman–Crippen MR) is 72.5 cm³/mol. The van der Waals surface area contributed by atoms with Crippen LogP contribution in [0.25, 0.3) is 0 Å². The molecule has 0 saturated carbocycles. The third kappa shape index (κ3) is 3.54. The van der Waals surface area contributed by atoms with E-state index < -0.39 is 0 Å². The van der Waals surface area contributed by atoms with Gasteiger partial charge in [-0.2, -0.15) is 11.8 Å². The summed E-state index contributed by atoms with van der Waals surface area (Å²) in [6, 6.07) is 5.88. The quantitative estimate of drug-likeness (QED) is 0.838. The first-order valence-corrected chi connectivity index (χ1v) is 6.96. The molecule has 0 aromatic heterocycles. The molecule has 2 N–H and O–H groups in total. The first-order valence-electron chi connectivity index (χ1n) is 5.91. The average molecular weight is 253 g/mol. The maximum absolute atomic E-state index is 5.74. The lowest BCUT2D eigenvalue weighted by Crippen LogP contribution is -2.17. The van der Waals surface area contributed by atoms with E-state index in [1.54, 1.807) is 7.11 Å². The monoisotopic (exact) mass is 253 g/mol. The molecule has 0 unspecified atom stereocenters. The van der Waals surface area contributed by atoms with Crippen LogP contribution in [0.15, 0.2) is 18.2 Å². The maximum Gasteiger partial charge on any atom is 0.124 e. The van der Waals surface area contributed by atoms with Crippen LogP contribution in [0.1, 0.15) is 18.4 Å². The minimum atomic E-state index is 0.714. The summed E-state index contributed by atoms with van der Waals surface area (Å²) in [5.41, 5.74) is 7.71. The molecule has 17 heavy (non-hydrogen) atoms. The lowest BCUT2D eigenvalue weighted by Gasteiger charge is -2.21. The molecule has 0 amide bonds. The van der Waals surface area contributed by atoms with Gasteiger partial charge in [-0.05, 0) is 18.9 Å². The van der Waals surface area contributed by atoms with Crippen molar-refractivity contribution in [1.82, 2.24) is 0 Å². The summed E-state index contributed by atoms with van der Waals surface area (Å²) in [4.78, 5) is 0. The van der Waals surface area contributed by atoms with Crippen LogP contribution >= 0.6 is 11.8 Å². The van der Waals surface area contributed by atoms with Crippen molar-refractivity contribution < 1.29 is 9.47 Å². The average Bonchev–Trinajstić information content (AvgIpc) is 2.38. The number of nitrogens with two attached hydrogens (primary N) is 1. The zero-order valence-electron chi connectivity index (χ0n) is 10.1. The zero-order valence-corrected chi connectivity index (χ0v) is 11.0. The lowest BCUT2D eigenvalue weighted by molar-refractivity contribution is 0.1000. The minimum absolute atomic E-state index is 0.714. The molecule has 0 spiro atoms. The first kappa shape index (κ1) is 12.6. The summed E-state index contributed by atoms with van der Waals surface area (Å²) >= 11 is 1.99. The first-order chi connectivity index (χ1) is 8.29. The Labute approximate surface area is 107 Å². The van der Waals surface area contributed by atoms with Gasteiger partial charge in [0.1, 0.15) is 5.75 Å². The Balaban J connectivity index is 1.93. The fourth-order valence-electron chi connectivity index (χ4n) is 1.93. The van der Waals surface area contributed by atoms with Gasteiger partial charge < -0.3 is 15.2 Å². The molecular weight excluding hydrogens is 234 g/mol. The van der Waals surface area contributed by atoms with E-state index in [0.29, 0.717) is 5.25 Å².